The SMILES string of the molecule is C1CCC(P(C2CCCCC2)C2CCCCC2)CC1.C1CCC(P(C2CCCCC2)C2CCCCC2)CC1.O=[N+]([O-])[O-].[Cu+].c1ccc(-c2ccnc3c2ccc2c(-c4ccccc4)ccnc23)cc1. The summed E-state index contributed by atoms with van der Waals surface area (Å²) in [6.45, 7) is 0. The molecule has 0 saturated heterocycles. The van der Waals surface area contributed by atoms with E-state index < -0.39 is 5.09 Å². The first-order chi connectivity index (χ1) is 33.5. The summed E-state index contributed by atoms with van der Waals surface area (Å²) in [7, 11) is 0.770. The van der Waals surface area contributed by atoms with Crippen molar-refractivity contribution < 1.29 is 22.2 Å². The van der Waals surface area contributed by atoms with Crippen molar-refractivity contribution in [3.05, 3.63) is 113 Å². The van der Waals surface area contributed by atoms with E-state index >= 15 is 0 Å². The van der Waals surface area contributed by atoms with E-state index in [1.807, 2.05) is 24.5 Å². The molecule has 6 aliphatic rings. The molecule has 0 atom stereocenters. The van der Waals surface area contributed by atoms with E-state index in [9.17, 15) is 0 Å². The third-order valence-electron chi connectivity index (χ3n) is 16.8. The second-order valence-electron chi connectivity index (χ2n) is 21.2. The van der Waals surface area contributed by atoms with Crippen LogP contribution < -0.4 is 0 Å². The summed E-state index contributed by atoms with van der Waals surface area (Å²) < 4.78 is 0. The molecule has 0 aliphatic heterocycles. The molecule has 0 N–H and O–H groups in total. The topological polar surface area (TPSA) is 92.0 Å². The molecule has 5 aromatic rings. The average molecular weight is 1020 g/mol. The summed E-state index contributed by atoms with van der Waals surface area (Å²) in [6.07, 6.45) is 51.0. The van der Waals surface area contributed by atoms with Crippen LogP contribution in [0.5, 0.6) is 0 Å². The summed E-state index contributed by atoms with van der Waals surface area (Å²) >= 11 is 0. The van der Waals surface area contributed by atoms with Crippen LogP contribution in [0.4, 0.5) is 0 Å². The van der Waals surface area contributed by atoms with Crippen LogP contribution in [0.25, 0.3) is 44.1 Å². The largest absolute Gasteiger partial charge is 1.00 e. The Morgan fingerprint density at radius 3 is 0.826 bits per heavy atom. The van der Waals surface area contributed by atoms with Gasteiger partial charge < -0.3 is 15.3 Å². The van der Waals surface area contributed by atoms with Crippen molar-refractivity contribution in [1.82, 2.24) is 9.97 Å². The second kappa shape index (κ2) is 28.9. The van der Waals surface area contributed by atoms with Gasteiger partial charge in [0.25, 0.3) is 0 Å². The first-order valence-electron chi connectivity index (χ1n) is 27.7. The Hall–Kier alpha value is -2.94. The van der Waals surface area contributed by atoms with Crippen molar-refractivity contribution in [2.24, 2.45) is 0 Å². The van der Waals surface area contributed by atoms with Crippen LogP contribution in [0.15, 0.2) is 97.3 Å². The third kappa shape index (κ3) is 15.3. The molecule has 0 spiro atoms. The fourth-order valence-corrected chi connectivity index (χ4v) is 23.0. The predicted molar refractivity (Wildman–Crippen MR) is 293 cm³/mol. The van der Waals surface area contributed by atoms with Gasteiger partial charge in [-0.15, -0.1) is 0 Å². The Morgan fingerprint density at radius 2 is 0.594 bits per heavy atom. The molecule has 0 amide bonds. The summed E-state index contributed by atoms with van der Waals surface area (Å²) in [4.78, 5) is 17.6. The van der Waals surface area contributed by atoms with Crippen LogP contribution >= 0.6 is 15.8 Å². The maximum Gasteiger partial charge on any atom is 1.00 e. The normalized spacial score (nSPS) is 20.4. The fraction of sp³-hybridized carbons (Fsp3) is 0.600. The number of aromatic nitrogens is 2. The van der Waals surface area contributed by atoms with Gasteiger partial charge in [0.2, 0.25) is 0 Å². The molecule has 6 fully saturated rings. The van der Waals surface area contributed by atoms with Crippen molar-refractivity contribution >= 4 is 37.6 Å². The van der Waals surface area contributed by atoms with Crippen molar-refractivity contribution in [2.45, 2.75) is 227 Å². The van der Waals surface area contributed by atoms with E-state index in [1.54, 1.807) is 154 Å². The minimum atomic E-state index is -1.75. The number of hydrogen-bond acceptors (Lipinski definition) is 5. The van der Waals surface area contributed by atoms with Crippen LogP contribution in [0.1, 0.15) is 193 Å². The molecular formula is C60H82CuN3O3P2. The molecule has 9 heteroatoms. The maximum absolute atomic E-state index is 8.25. The summed E-state index contributed by atoms with van der Waals surface area (Å²) in [5, 5.41) is 17.0. The molecule has 2 aromatic heterocycles. The average Bonchev–Trinajstić information content (AvgIpc) is 3.41. The minimum absolute atomic E-state index is 0. The first kappa shape index (κ1) is 53.8. The quantitative estimate of drug-likeness (QED) is 0.0508. The van der Waals surface area contributed by atoms with Gasteiger partial charge >= 0.3 is 17.1 Å². The predicted octanol–water partition coefficient (Wildman–Crippen LogP) is 18.8. The molecule has 6 saturated carbocycles. The number of hydrogen-bond donors (Lipinski definition) is 0. The molecule has 0 unspecified atom stereocenters. The Kier molecular flexibility index (Phi) is 22.6. The molecular weight excluding hydrogens is 936 g/mol. The van der Waals surface area contributed by atoms with Crippen LogP contribution in [-0.4, -0.2) is 49.0 Å². The Morgan fingerprint density at radius 1 is 0.362 bits per heavy atom. The van der Waals surface area contributed by atoms with Gasteiger partial charge in [0, 0.05) is 23.2 Å². The molecule has 69 heavy (non-hydrogen) atoms. The van der Waals surface area contributed by atoms with E-state index in [-0.39, 0.29) is 17.1 Å². The van der Waals surface area contributed by atoms with Crippen molar-refractivity contribution in [2.75, 3.05) is 0 Å². The summed E-state index contributed by atoms with van der Waals surface area (Å²) in [6, 6.07) is 29.3. The molecule has 2 heterocycles. The standard InChI is InChI=1S/C24H16N2.2C18H33P.Cu.NO3/c1-3-7-17(8-4-1)19-13-15-25-23-21(19)11-12-22-20(14-16-26-24(22)23)18-9-5-2-6-10-18;2*1-4-10-16(11-5-1)19(17-12-6-2-7-13-17)18-14-8-3-9-15-18;;2-1(3)4/h1-16H;2*16-18H,1-15H2;;/q;;;+1;-1. The Bertz CT molecular complexity index is 1990. The molecule has 0 bridgehead atoms. The van der Waals surface area contributed by atoms with Crippen molar-refractivity contribution in [3.8, 4) is 22.3 Å². The van der Waals surface area contributed by atoms with Crippen molar-refractivity contribution in [1.29, 1.82) is 0 Å². The van der Waals surface area contributed by atoms with Gasteiger partial charge in [-0.2, -0.15) is 0 Å². The number of pyridine rings is 2. The number of nitrogens with zero attached hydrogens (tertiary/aromatic N) is 3. The van der Waals surface area contributed by atoms with Gasteiger partial charge in [0.1, 0.15) is 0 Å². The molecule has 6 aliphatic carbocycles. The molecule has 376 valence electrons. The maximum atomic E-state index is 8.25. The van der Waals surface area contributed by atoms with Crippen LogP contribution in [0, 0.1) is 15.3 Å². The monoisotopic (exact) mass is 1020 g/mol. The van der Waals surface area contributed by atoms with Gasteiger partial charge in [0.15, 0.2) is 0 Å². The van der Waals surface area contributed by atoms with Gasteiger partial charge in [0.05, 0.1) is 16.1 Å². The molecule has 3 aromatic carbocycles. The van der Waals surface area contributed by atoms with Gasteiger partial charge in [-0.25, -0.2) is 0 Å². The van der Waals surface area contributed by atoms with E-state index in [1.165, 1.54) is 94.7 Å². The Labute approximate surface area is 428 Å². The van der Waals surface area contributed by atoms with E-state index in [2.05, 4.69) is 82.8 Å². The van der Waals surface area contributed by atoms with E-state index in [4.69, 9.17) is 15.3 Å². The summed E-state index contributed by atoms with van der Waals surface area (Å²) in [5.74, 6) is 0. The number of benzene rings is 3. The molecule has 6 nitrogen and oxygen atoms in total. The van der Waals surface area contributed by atoms with Gasteiger partial charge in [-0.05, 0) is 145 Å². The zero-order valence-corrected chi connectivity index (χ0v) is 44.4. The van der Waals surface area contributed by atoms with Crippen LogP contribution in [0.3, 0.4) is 0 Å². The Balaban J connectivity index is 0.000000148. The van der Waals surface area contributed by atoms with Gasteiger partial charge in [-0.3, -0.25) is 9.97 Å². The second-order valence-corrected chi connectivity index (χ2v) is 27.3. The third-order valence-corrected chi connectivity index (χ3v) is 24.9. The zero-order chi connectivity index (χ0) is 46.8. The van der Waals surface area contributed by atoms with E-state index in [0.29, 0.717) is 15.8 Å². The smallest absolute Gasteiger partial charge is 0.356 e. The fourth-order valence-electron chi connectivity index (χ4n) is 13.6. The van der Waals surface area contributed by atoms with Crippen molar-refractivity contribution in [3.63, 3.8) is 0 Å². The zero-order valence-electron chi connectivity index (χ0n) is 41.7. The van der Waals surface area contributed by atoms with Gasteiger partial charge in [-0.1, -0.05) is 204 Å². The number of fused-ring (bicyclic) bond motifs is 3. The first-order valence-corrected chi connectivity index (χ1v) is 30.8. The molecule has 0 radical (unpaired) electrons. The molecule has 11 rings (SSSR count). The van der Waals surface area contributed by atoms with E-state index in [0.717, 1.165) is 21.8 Å². The van der Waals surface area contributed by atoms with Crippen LogP contribution in [0.2, 0.25) is 0 Å². The summed E-state index contributed by atoms with van der Waals surface area (Å²) in [5.41, 5.74) is 13.8. The number of rotatable bonds is 8. The van der Waals surface area contributed by atoms with Crippen LogP contribution in [-0.2, 0) is 17.1 Å². The minimum Gasteiger partial charge on any atom is -0.356 e.